The molecule has 4 aromatic rings. The number of carbonyl (C=O) groups is 3. The maximum Gasteiger partial charge on any atom is 0.291 e. The van der Waals surface area contributed by atoms with Crippen molar-refractivity contribution in [2.45, 2.75) is 11.4 Å². The highest BCUT2D eigenvalue weighted by Crippen LogP contribution is 2.37. The number of benzene rings is 2. The summed E-state index contributed by atoms with van der Waals surface area (Å²) in [5.41, 5.74) is 1.08. The number of carbonyl (C=O) groups excluding carboxylic acids is 3. The third kappa shape index (κ3) is 4.93. The van der Waals surface area contributed by atoms with E-state index in [1.54, 1.807) is 48.5 Å². The summed E-state index contributed by atoms with van der Waals surface area (Å²) in [6, 6.07) is 18.8. The molecule has 2 aromatic heterocycles. The lowest BCUT2D eigenvalue weighted by Crippen LogP contribution is -2.31. The van der Waals surface area contributed by atoms with Gasteiger partial charge in [0.1, 0.15) is 22.2 Å². The minimum Gasteiger partial charge on any atom is -0.467 e. The molecule has 1 aliphatic rings. The molecule has 3 heterocycles. The molecule has 0 aliphatic carbocycles. The highest BCUT2D eigenvalue weighted by Gasteiger charge is 2.39. The smallest absolute Gasteiger partial charge is 0.291 e. The molecular weight excluding hydrogens is 485 g/mol. The minimum absolute atomic E-state index is 0.0267. The molecule has 2 N–H and O–H groups in total. The number of rotatable bonds is 8. The Kier molecular flexibility index (Phi) is 6.42. The number of thioether (sulfide) groups is 1. The third-order valence-electron chi connectivity index (χ3n) is 5.21. The van der Waals surface area contributed by atoms with Crippen LogP contribution in [0.25, 0.3) is 0 Å². The molecule has 0 spiro atoms. The predicted molar refractivity (Wildman–Crippen MR) is 130 cm³/mol. The van der Waals surface area contributed by atoms with Crippen molar-refractivity contribution in [3.63, 3.8) is 0 Å². The van der Waals surface area contributed by atoms with E-state index in [-0.39, 0.29) is 28.8 Å². The molecule has 180 valence electrons. The molecule has 0 bridgehead atoms. The molecule has 1 aliphatic heterocycles. The Morgan fingerprint density at radius 3 is 2.22 bits per heavy atom. The topological polar surface area (TPSA) is 105 Å². The van der Waals surface area contributed by atoms with Crippen molar-refractivity contribution in [2.75, 3.05) is 10.6 Å². The molecular formula is C26H18FN3O5S. The van der Waals surface area contributed by atoms with Crippen molar-refractivity contribution < 1.29 is 27.6 Å². The summed E-state index contributed by atoms with van der Waals surface area (Å²) in [6.45, 7) is -0.0267. The van der Waals surface area contributed by atoms with Gasteiger partial charge in [-0.1, -0.05) is 11.8 Å². The molecule has 36 heavy (non-hydrogen) atoms. The van der Waals surface area contributed by atoms with E-state index in [0.29, 0.717) is 22.0 Å². The predicted octanol–water partition coefficient (Wildman–Crippen LogP) is 5.25. The Bertz CT molecular complexity index is 1430. The number of nitrogens with one attached hydrogen (secondary N) is 2. The molecule has 0 saturated carbocycles. The van der Waals surface area contributed by atoms with Crippen LogP contribution in [0.3, 0.4) is 0 Å². The standard InChI is InChI=1S/C26H18FN3O5S/c27-16-5-7-17(8-6-16)28-22-23(26(33)30(25(22)32)15-19-3-1-13-34-19)36-20-11-9-18(10-12-20)29-24(31)21-4-2-14-35-21/h1-14,28H,15H2,(H,29,31). The Hall–Kier alpha value is -4.57. The van der Waals surface area contributed by atoms with Crippen LogP contribution in [0.4, 0.5) is 15.8 Å². The summed E-state index contributed by atoms with van der Waals surface area (Å²) in [5.74, 6) is -1.18. The lowest BCUT2D eigenvalue weighted by atomic mass is 10.3. The van der Waals surface area contributed by atoms with Crippen LogP contribution in [-0.4, -0.2) is 22.6 Å². The Morgan fingerprint density at radius 1 is 0.861 bits per heavy atom. The molecule has 0 fully saturated rings. The van der Waals surface area contributed by atoms with Crippen molar-refractivity contribution >= 4 is 40.9 Å². The summed E-state index contributed by atoms with van der Waals surface area (Å²) < 4.78 is 23.7. The van der Waals surface area contributed by atoms with Gasteiger partial charge in [0, 0.05) is 16.3 Å². The molecule has 5 rings (SSSR count). The number of hydrogen-bond donors (Lipinski definition) is 2. The number of nitrogens with zero attached hydrogens (tertiary/aromatic N) is 1. The van der Waals surface area contributed by atoms with E-state index in [1.165, 1.54) is 36.8 Å². The fourth-order valence-electron chi connectivity index (χ4n) is 3.46. The summed E-state index contributed by atoms with van der Waals surface area (Å²) in [7, 11) is 0. The highest BCUT2D eigenvalue weighted by atomic mass is 32.2. The van der Waals surface area contributed by atoms with Crippen molar-refractivity contribution in [3.05, 3.63) is 113 Å². The van der Waals surface area contributed by atoms with Crippen molar-refractivity contribution in [3.8, 4) is 0 Å². The van der Waals surface area contributed by atoms with Crippen molar-refractivity contribution in [2.24, 2.45) is 0 Å². The Balaban J connectivity index is 1.38. The first-order valence-electron chi connectivity index (χ1n) is 10.8. The monoisotopic (exact) mass is 503 g/mol. The van der Waals surface area contributed by atoms with Gasteiger partial charge in [-0.2, -0.15) is 0 Å². The second kappa shape index (κ2) is 9.96. The second-order valence-electron chi connectivity index (χ2n) is 7.67. The van der Waals surface area contributed by atoms with Gasteiger partial charge < -0.3 is 19.5 Å². The minimum atomic E-state index is -0.523. The van der Waals surface area contributed by atoms with Gasteiger partial charge in [0.15, 0.2) is 5.76 Å². The summed E-state index contributed by atoms with van der Waals surface area (Å²) in [6.07, 6.45) is 2.88. The fraction of sp³-hybridized carbons (Fsp3) is 0.0385. The van der Waals surface area contributed by atoms with Crippen LogP contribution in [0, 0.1) is 5.82 Å². The average molecular weight is 504 g/mol. The molecule has 0 saturated heterocycles. The van der Waals surface area contributed by atoms with Crippen LogP contribution in [0.15, 0.2) is 110 Å². The number of amides is 3. The van der Waals surface area contributed by atoms with Crippen LogP contribution in [-0.2, 0) is 16.1 Å². The molecule has 2 aromatic carbocycles. The zero-order valence-corrected chi connectivity index (χ0v) is 19.4. The van der Waals surface area contributed by atoms with Gasteiger partial charge in [-0.05, 0) is 72.8 Å². The van der Waals surface area contributed by atoms with Gasteiger partial charge in [0.25, 0.3) is 17.7 Å². The van der Waals surface area contributed by atoms with Gasteiger partial charge in [0.05, 0.1) is 19.1 Å². The molecule has 10 heteroatoms. The normalized spacial score (nSPS) is 13.4. The van der Waals surface area contributed by atoms with Gasteiger partial charge >= 0.3 is 0 Å². The Labute approximate surface area is 208 Å². The second-order valence-corrected chi connectivity index (χ2v) is 8.75. The number of furan rings is 2. The highest BCUT2D eigenvalue weighted by molar-refractivity contribution is 8.04. The van der Waals surface area contributed by atoms with Gasteiger partial charge in [-0.25, -0.2) is 4.39 Å². The van der Waals surface area contributed by atoms with Crippen molar-refractivity contribution in [1.29, 1.82) is 0 Å². The summed E-state index contributed by atoms with van der Waals surface area (Å²) in [4.78, 5) is 40.6. The molecule has 0 atom stereocenters. The molecule has 0 radical (unpaired) electrons. The first-order chi connectivity index (χ1) is 17.5. The zero-order valence-electron chi connectivity index (χ0n) is 18.6. The van der Waals surface area contributed by atoms with Crippen LogP contribution < -0.4 is 10.6 Å². The van der Waals surface area contributed by atoms with E-state index in [1.807, 2.05) is 0 Å². The van der Waals surface area contributed by atoms with E-state index in [9.17, 15) is 18.8 Å². The summed E-state index contributed by atoms with van der Waals surface area (Å²) >= 11 is 1.10. The van der Waals surface area contributed by atoms with Gasteiger partial charge in [-0.15, -0.1) is 0 Å². The van der Waals surface area contributed by atoms with Crippen LogP contribution in [0.5, 0.6) is 0 Å². The van der Waals surface area contributed by atoms with Crippen molar-refractivity contribution in [1.82, 2.24) is 4.90 Å². The van der Waals surface area contributed by atoms with E-state index in [4.69, 9.17) is 8.83 Å². The van der Waals surface area contributed by atoms with Crippen LogP contribution in [0.1, 0.15) is 16.3 Å². The average Bonchev–Trinajstić information content (AvgIpc) is 3.64. The van der Waals surface area contributed by atoms with E-state index in [0.717, 1.165) is 16.7 Å². The van der Waals surface area contributed by atoms with E-state index >= 15 is 0 Å². The SMILES string of the molecule is O=C(Nc1ccc(SC2=C(Nc3ccc(F)cc3)C(=O)N(Cc3ccco3)C2=O)cc1)c1ccco1. The lowest BCUT2D eigenvalue weighted by molar-refractivity contribution is -0.138. The van der Waals surface area contributed by atoms with E-state index in [2.05, 4.69) is 10.6 Å². The number of imide groups is 1. The maximum atomic E-state index is 13.4. The molecule has 8 nitrogen and oxygen atoms in total. The van der Waals surface area contributed by atoms with Gasteiger partial charge in [0.2, 0.25) is 0 Å². The Morgan fingerprint density at radius 2 is 1.56 bits per heavy atom. The lowest BCUT2D eigenvalue weighted by Gasteiger charge is -2.13. The van der Waals surface area contributed by atoms with Crippen LogP contribution >= 0.6 is 11.8 Å². The largest absolute Gasteiger partial charge is 0.467 e. The first kappa shape index (κ1) is 23.2. The molecule has 3 amide bonds. The number of hydrogen-bond acceptors (Lipinski definition) is 7. The first-order valence-corrected chi connectivity index (χ1v) is 11.6. The molecule has 0 unspecified atom stereocenters. The van der Waals surface area contributed by atoms with Crippen LogP contribution in [0.2, 0.25) is 0 Å². The van der Waals surface area contributed by atoms with Gasteiger partial charge in [-0.3, -0.25) is 19.3 Å². The fourth-order valence-corrected chi connectivity index (χ4v) is 4.41. The quantitative estimate of drug-likeness (QED) is 0.317. The summed E-state index contributed by atoms with van der Waals surface area (Å²) in [5, 5.41) is 5.69. The zero-order chi connectivity index (χ0) is 25.1. The number of halogens is 1. The number of anilines is 2. The van der Waals surface area contributed by atoms with E-state index < -0.39 is 17.6 Å². The third-order valence-corrected chi connectivity index (χ3v) is 6.30. The maximum absolute atomic E-state index is 13.4.